The van der Waals surface area contributed by atoms with Gasteiger partial charge in [-0.2, -0.15) is 0 Å². The summed E-state index contributed by atoms with van der Waals surface area (Å²) in [6, 6.07) is 5.39. The Morgan fingerprint density at radius 2 is 2.25 bits per heavy atom. The lowest BCUT2D eigenvalue weighted by molar-refractivity contribution is -0.119. The number of carbonyl (C=O) groups excluding carboxylic acids is 2. The van der Waals surface area contributed by atoms with Crippen LogP contribution in [0.5, 0.6) is 11.6 Å². The summed E-state index contributed by atoms with van der Waals surface area (Å²) in [6.07, 6.45) is 3.68. The van der Waals surface area contributed by atoms with E-state index in [2.05, 4.69) is 10.3 Å². The monoisotopic (exact) mass is 328 g/mol. The third-order valence-electron chi connectivity index (χ3n) is 3.85. The molecular formula is C18H20N2O4. The number of hydrogen-bond donors (Lipinski definition) is 1. The summed E-state index contributed by atoms with van der Waals surface area (Å²) in [5.41, 5.74) is 0.497. The topological polar surface area (TPSA) is 77.5 Å². The van der Waals surface area contributed by atoms with E-state index in [9.17, 15) is 9.59 Å². The number of pyridine rings is 1. The van der Waals surface area contributed by atoms with Crippen molar-refractivity contribution in [1.29, 1.82) is 0 Å². The predicted molar refractivity (Wildman–Crippen MR) is 89.6 cm³/mol. The van der Waals surface area contributed by atoms with Gasteiger partial charge in [-0.15, -0.1) is 0 Å². The molecule has 1 atom stereocenters. The lowest BCUT2D eigenvalue weighted by atomic mass is 10.1. The minimum Gasteiger partial charge on any atom is -0.490 e. The number of benzene rings is 1. The van der Waals surface area contributed by atoms with E-state index in [1.807, 2.05) is 19.9 Å². The second kappa shape index (κ2) is 6.86. The van der Waals surface area contributed by atoms with Crippen molar-refractivity contribution in [3.63, 3.8) is 0 Å². The summed E-state index contributed by atoms with van der Waals surface area (Å²) in [7, 11) is 0. The molecule has 24 heavy (non-hydrogen) atoms. The van der Waals surface area contributed by atoms with Gasteiger partial charge in [0, 0.05) is 18.0 Å². The number of fused-ring (bicyclic) bond motifs is 1. The van der Waals surface area contributed by atoms with Gasteiger partial charge in [0.2, 0.25) is 11.8 Å². The van der Waals surface area contributed by atoms with Gasteiger partial charge < -0.3 is 14.8 Å². The third kappa shape index (κ3) is 3.48. The summed E-state index contributed by atoms with van der Waals surface area (Å²) in [4.78, 5) is 26.8. The number of ether oxygens (including phenoxy) is 2. The SMILES string of the molecule is CC(C)Oc1cc2c(OCC3CCC(=O)N3)nccc2cc1C=O. The second-order valence-electron chi connectivity index (χ2n) is 6.13. The van der Waals surface area contributed by atoms with Gasteiger partial charge in [-0.25, -0.2) is 4.98 Å². The second-order valence-corrected chi connectivity index (χ2v) is 6.13. The highest BCUT2D eigenvalue weighted by Gasteiger charge is 2.21. The Morgan fingerprint density at radius 1 is 1.42 bits per heavy atom. The zero-order valence-electron chi connectivity index (χ0n) is 13.7. The van der Waals surface area contributed by atoms with E-state index < -0.39 is 0 Å². The van der Waals surface area contributed by atoms with Crippen LogP contribution in [0.1, 0.15) is 37.0 Å². The van der Waals surface area contributed by atoms with Crippen LogP contribution in [-0.4, -0.2) is 35.9 Å². The number of nitrogens with one attached hydrogen (secondary N) is 1. The molecular weight excluding hydrogens is 308 g/mol. The molecule has 0 aliphatic carbocycles. The van der Waals surface area contributed by atoms with Gasteiger partial charge in [0.15, 0.2) is 6.29 Å². The van der Waals surface area contributed by atoms with Gasteiger partial charge in [0.25, 0.3) is 0 Å². The Balaban J connectivity index is 1.89. The first-order valence-corrected chi connectivity index (χ1v) is 8.03. The molecule has 6 heteroatoms. The Kier molecular flexibility index (Phi) is 4.64. The summed E-state index contributed by atoms with van der Waals surface area (Å²) < 4.78 is 11.5. The van der Waals surface area contributed by atoms with E-state index in [0.717, 1.165) is 23.5 Å². The van der Waals surface area contributed by atoms with Crippen molar-refractivity contribution in [3.8, 4) is 11.6 Å². The van der Waals surface area contributed by atoms with Gasteiger partial charge in [0.1, 0.15) is 12.4 Å². The van der Waals surface area contributed by atoms with Crippen molar-refractivity contribution < 1.29 is 19.1 Å². The molecule has 0 bridgehead atoms. The predicted octanol–water partition coefficient (Wildman–Crippen LogP) is 2.49. The molecule has 0 spiro atoms. The Hall–Kier alpha value is -2.63. The average Bonchev–Trinajstić information content (AvgIpc) is 2.97. The Morgan fingerprint density at radius 3 is 2.92 bits per heavy atom. The number of aldehydes is 1. The molecule has 0 radical (unpaired) electrons. The van der Waals surface area contributed by atoms with E-state index in [-0.39, 0.29) is 18.1 Å². The van der Waals surface area contributed by atoms with Gasteiger partial charge in [-0.1, -0.05) is 0 Å². The number of rotatable bonds is 6. The molecule has 1 saturated heterocycles. The molecule has 1 aliphatic rings. The van der Waals surface area contributed by atoms with Crippen LogP contribution in [-0.2, 0) is 4.79 Å². The van der Waals surface area contributed by atoms with Crippen molar-refractivity contribution in [2.45, 2.75) is 38.8 Å². The van der Waals surface area contributed by atoms with Gasteiger partial charge in [0.05, 0.1) is 17.7 Å². The van der Waals surface area contributed by atoms with Crippen molar-refractivity contribution in [2.24, 2.45) is 0 Å². The maximum atomic E-state index is 11.3. The van der Waals surface area contributed by atoms with Crippen LogP contribution >= 0.6 is 0 Å². The molecule has 1 aromatic heterocycles. The molecule has 2 aromatic rings. The van der Waals surface area contributed by atoms with Crippen LogP contribution in [0.4, 0.5) is 0 Å². The summed E-state index contributed by atoms with van der Waals surface area (Å²) >= 11 is 0. The maximum absolute atomic E-state index is 11.3. The minimum atomic E-state index is -0.0455. The quantitative estimate of drug-likeness (QED) is 0.824. The van der Waals surface area contributed by atoms with E-state index in [0.29, 0.717) is 30.2 Å². The molecule has 1 aromatic carbocycles. The number of aromatic nitrogens is 1. The molecule has 126 valence electrons. The lowest BCUT2D eigenvalue weighted by Gasteiger charge is -2.15. The molecule has 0 saturated carbocycles. The van der Waals surface area contributed by atoms with E-state index in [1.165, 1.54) is 0 Å². The molecule has 1 aliphatic heterocycles. The number of nitrogens with zero attached hydrogens (tertiary/aromatic N) is 1. The average molecular weight is 328 g/mol. The van der Waals surface area contributed by atoms with Crippen LogP contribution in [0.25, 0.3) is 10.8 Å². The third-order valence-corrected chi connectivity index (χ3v) is 3.85. The van der Waals surface area contributed by atoms with Crippen LogP contribution in [0.2, 0.25) is 0 Å². The highest BCUT2D eigenvalue weighted by atomic mass is 16.5. The summed E-state index contributed by atoms with van der Waals surface area (Å²) in [5.74, 6) is 1.04. The smallest absolute Gasteiger partial charge is 0.221 e. The molecule has 6 nitrogen and oxygen atoms in total. The molecule has 1 N–H and O–H groups in total. The van der Waals surface area contributed by atoms with Gasteiger partial charge in [-0.05, 0) is 43.9 Å². The molecule has 1 amide bonds. The number of amides is 1. The highest BCUT2D eigenvalue weighted by Crippen LogP contribution is 2.31. The van der Waals surface area contributed by atoms with Crippen molar-refractivity contribution in [1.82, 2.24) is 10.3 Å². The molecule has 1 fully saturated rings. The van der Waals surface area contributed by atoms with E-state index >= 15 is 0 Å². The summed E-state index contributed by atoms with van der Waals surface area (Å²) in [6.45, 7) is 4.18. The zero-order valence-corrected chi connectivity index (χ0v) is 13.7. The van der Waals surface area contributed by atoms with Crippen molar-refractivity contribution in [2.75, 3.05) is 6.61 Å². The fourth-order valence-electron chi connectivity index (χ4n) is 2.74. The number of carbonyl (C=O) groups is 2. The fraction of sp³-hybridized carbons (Fsp3) is 0.389. The Labute approximate surface area is 140 Å². The fourth-order valence-corrected chi connectivity index (χ4v) is 2.74. The maximum Gasteiger partial charge on any atom is 0.221 e. The van der Waals surface area contributed by atoms with Crippen LogP contribution in [0, 0.1) is 0 Å². The van der Waals surface area contributed by atoms with Crippen molar-refractivity contribution in [3.05, 3.63) is 30.0 Å². The van der Waals surface area contributed by atoms with Crippen LogP contribution < -0.4 is 14.8 Å². The van der Waals surface area contributed by atoms with Crippen LogP contribution in [0.3, 0.4) is 0 Å². The Bertz CT molecular complexity index is 773. The highest BCUT2D eigenvalue weighted by molar-refractivity contribution is 5.94. The van der Waals surface area contributed by atoms with Gasteiger partial charge in [-0.3, -0.25) is 9.59 Å². The molecule has 1 unspecified atom stereocenters. The largest absolute Gasteiger partial charge is 0.490 e. The summed E-state index contributed by atoms with van der Waals surface area (Å²) in [5, 5.41) is 4.50. The normalized spacial score (nSPS) is 17.1. The van der Waals surface area contributed by atoms with E-state index in [1.54, 1.807) is 18.3 Å². The lowest BCUT2D eigenvalue weighted by Crippen LogP contribution is -2.31. The first-order chi connectivity index (χ1) is 11.6. The molecule has 3 rings (SSSR count). The van der Waals surface area contributed by atoms with E-state index in [4.69, 9.17) is 9.47 Å². The minimum absolute atomic E-state index is 0.00943. The number of hydrogen-bond acceptors (Lipinski definition) is 5. The van der Waals surface area contributed by atoms with Crippen LogP contribution in [0.15, 0.2) is 24.4 Å². The first kappa shape index (κ1) is 16.2. The molecule has 2 heterocycles. The van der Waals surface area contributed by atoms with Gasteiger partial charge >= 0.3 is 0 Å². The standard InChI is InChI=1S/C18H20N2O4/c1-11(2)24-16-8-15-12(7-13(16)9-21)5-6-19-18(15)23-10-14-3-4-17(22)20-14/h5-9,11,14H,3-4,10H2,1-2H3,(H,20,22). The zero-order chi connectivity index (χ0) is 17.1. The first-order valence-electron chi connectivity index (χ1n) is 8.03. The van der Waals surface area contributed by atoms with Crippen molar-refractivity contribution >= 4 is 23.0 Å².